The van der Waals surface area contributed by atoms with Crippen molar-refractivity contribution in [3.05, 3.63) is 18.2 Å². The lowest BCUT2D eigenvalue weighted by molar-refractivity contribution is 0.224. The second-order valence-electron chi connectivity index (χ2n) is 5.08. The van der Waals surface area contributed by atoms with Gasteiger partial charge < -0.3 is 14.8 Å². The fourth-order valence-electron chi connectivity index (χ4n) is 2.14. The first kappa shape index (κ1) is 14.2. The van der Waals surface area contributed by atoms with Gasteiger partial charge in [-0.2, -0.15) is 0 Å². The Balaban J connectivity index is 2.41. The average molecular weight is 238 g/mol. The molecule has 1 rings (SSSR count). The van der Waals surface area contributed by atoms with E-state index in [9.17, 15) is 0 Å². The monoisotopic (exact) mass is 238 g/mol. The summed E-state index contributed by atoms with van der Waals surface area (Å²) in [7, 11) is 4.28. The molecular weight excluding hydrogens is 212 g/mol. The van der Waals surface area contributed by atoms with Crippen molar-refractivity contribution in [1.29, 1.82) is 0 Å². The Hall–Kier alpha value is -0.870. The first-order valence-electron chi connectivity index (χ1n) is 6.42. The molecule has 0 radical (unpaired) electrons. The summed E-state index contributed by atoms with van der Waals surface area (Å²) >= 11 is 0. The van der Waals surface area contributed by atoms with E-state index in [1.165, 1.54) is 5.69 Å². The van der Waals surface area contributed by atoms with Crippen molar-refractivity contribution >= 4 is 0 Å². The highest BCUT2D eigenvalue weighted by atomic mass is 15.1. The second kappa shape index (κ2) is 6.77. The zero-order valence-corrected chi connectivity index (χ0v) is 11.8. The standard InChI is InChI=1S/C13H26N4/c1-6-17-10-15-8-12(17)7-14-9-13(11(2)3)16(4)5/h8,10-11,13-14H,6-7,9H2,1-5H3. The van der Waals surface area contributed by atoms with Crippen LogP contribution in [0.25, 0.3) is 0 Å². The van der Waals surface area contributed by atoms with Crippen LogP contribution in [0.2, 0.25) is 0 Å². The largest absolute Gasteiger partial charge is 0.334 e. The van der Waals surface area contributed by atoms with Crippen molar-refractivity contribution in [3.8, 4) is 0 Å². The third-order valence-corrected chi connectivity index (χ3v) is 3.23. The summed E-state index contributed by atoms with van der Waals surface area (Å²) in [6.07, 6.45) is 3.83. The van der Waals surface area contributed by atoms with Crippen LogP contribution in [0.4, 0.5) is 0 Å². The molecule has 0 aromatic carbocycles. The van der Waals surface area contributed by atoms with Crippen LogP contribution in [-0.4, -0.2) is 41.1 Å². The van der Waals surface area contributed by atoms with E-state index in [0.29, 0.717) is 12.0 Å². The van der Waals surface area contributed by atoms with E-state index < -0.39 is 0 Å². The summed E-state index contributed by atoms with van der Waals surface area (Å²) in [5.41, 5.74) is 1.26. The van der Waals surface area contributed by atoms with Gasteiger partial charge >= 0.3 is 0 Å². The first-order valence-corrected chi connectivity index (χ1v) is 6.42. The normalized spacial score (nSPS) is 13.6. The smallest absolute Gasteiger partial charge is 0.0948 e. The third kappa shape index (κ3) is 4.13. The number of likely N-dealkylation sites (N-methyl/N-ethyl adjacent to an activating group) is 1. The van der Waals surface area contributed by atoms with Gasteiger partial charge in [0, 0.05) is 31.9 Å². The van der Waals surface area contributed by atoms with E-state index in [0.717, 1.165) is 19.6 Å². The molecule has 4 heteroatoms. The van der Waals surface area contributed by atoms with Gasteiger partial charge in [0.25, 0.3) is 0 Å². The topological polar surface area (TPSA) is 33.1 Å². The fraction of sp³-hybridized carbons (Fsp3) is 0.769. The first-order chi connectivity index (χ1) is 8.06. The molecule has 1 atom stereocenters. The van der Waals surface area contributed by atoms with Gasteiger partial charge in [-0.3, -0.25) is 0 Å². The number of nitrogens with one attached hydrogen (secondary N) is 1. The molecule has 0 saturated carbocycles. The van der Waals surface area contributed by atoms with Crippen LogP contribution in [0.1, 0.15) is 26.5 Å². The molecule has 1 aromatic heterocycles. The molecule has 0 bridgehead atoms. The summed E-state index contributed by atoms with van der Waals surface area (Å²) < 4.78 is 2.17. The molecule has 0 aliphatic heterocycles. The van der Waals surface area contributed by atoms with E-state index in [-0.39, 0.29) is 0 Å². The Labute approximate surface area is 105 Å². The van der Waals surface area contributed by atoms with Gasteiger partial charge in [-0.25, -0.2) is 4.98 Å². The second-order valence-corrected chi connectivity index (χ2v) is 5.08. The summed E-state index contributed by atoms with van der Waals surface area (Å²) in [6.45, 7) is 9.57. The van der Waals surface area contributed by atoms with Gasteiger partial charge in [0.05, 0.1) is 12.0 Å². The van der Waals surface area contributed by atoms with Gasteiger partial charge in [-0.1, -0.05) is 13.8 Å². The zero-order chi connectivity index (χ0) is 12.8. The lowest BCUT2D eigenvalue weighted by Crippen LogP contribution is -2.41. The van der Waals surface area contributed by atoms with Crippen LogP contribution < -0.4 is 5.32 Å². The van der Waals surface area contributed by atoms with Crippen LogP contribution in [-0.2, 0) is 13.1 Å². The zero-order valence-electron chi connectivity index (χ0n) is 11.8. The molecule has 1 N–H and O–H groups in total. The number of rotatable bonds is 7. The molecular formula is C13H26N4. The maximum Gasteiger partial charge on any atom is 0.0948 e. The van der Waals surface area contributed by atoms with Crippen LogP contribution in [0.3, 0.4) is 0 Å². The molecule has 1 unspecified atom stereocenters. The molecule has 1 aromatic rings. The van der Waals surface area contributed by atoms with E-state index in [2.05, 4.69) is 54.6 Å². The quantitative estimate of drug-likeness (QED) is 0.783. The maximum atomic E-state index is 4.17. The number of nitrogens with zero attached hydrogens (tertiary/aromatic N) is 3. The summed E-state index contributed by atoms with van der Waals surface area (Å²) in [5, 5.41) is 3.52. The Morgan fingerprint density at radius 1 is 1.41 bits per heavy atom. The van der Waals surface area contributed by atoms with Crippen molar-refractivity contribution in [1.82, 2.24) is 19.8 Å². The number of imidazole rings is 1. The maximum absolute atomic E-state index is 4.17. The number of hydrogen-bond acceptors (Lipinski definition) is 3. The Kier molecular flexibility index (Phi) is 5.65. The molecule has 1 heterocycles. The van der Waals surface area contributed by atoms with E-state index in [4.69, 9.17) is 0 Å². The Bertz CT molecular complexity index is 309. The van der Waals surface area contributed by atoms with Crippen molar-refractivity contribution in [2.24, 2.45) is 5.92 Å². The highest BCUT2D eigenvalue weighted by molar-refractivity contribution is 4.97. The Morgan fingerprint density at radius 2 is 2.12 bits per heavy atom. The SMILES string of the molecule is CCn1cncc1CNCC(C(C)C)N(C)C. The molecule has 0 saturated heterocycles. The van der Waals surface area contributed by atoms with Gasteiger partial charge in [0.1, 0.15) is 0 Å². The van der Waals surface area contributed by atoms with Crippen LogP contribution >= 0.6 is 0 Å². The predicted molar refractivity (Wildman–Crippen MR) is 71.9 cm³/mol. The van der Waals surface area contributed by atoms with Crippen LogP contribution in [0.5, 0.6) is 0 Å². The number of aromatic nitrogens is 2. The minimum absolute atomic E-state index is 0.577. The van der Waals surface area contributed by atoms with Crippen molar-refractivity contribution in [3.63, 3.8) is 0 Å². The molecule has 4 nitrogen and oxygen atoms in total. The summed E-state index contributed by atoms with van der Waals surface area (Å²) in [5.74, 6) is 0.661. The van der Waals surface area contributed by atoms with Gasteiger partial charge in [0.15, 0.2) is 0 Å². The Morgan fingerprint density at radius 3 is 2.65 bits per heavy atom. The highest BCUT2D eigenvalue weighted by Crippen LogP contribution is 2.06. The van der Waals surface area contributed by atoms with Gasteiger partial charge in [-0.15, -0.1) is 0 Å². The van der Waals surface area contributed by atoms with Gasteiger partial charge in [-0.05, 0) is 26.9 Å². The molecule has 0 aliphatic carbocycles. The van der Waals surface area contributed by atoms with E-state index >= 15 is 0 Å². The molecule has 0 fully saturated rings. The van der Waals surface area contributed by atoms with E-state index in [1.54, 1.807) is 0 Å². The predicted octanol–water partition coefficient (Wildman–Crippen LogP) is 1.58. The number of hydrogen-bond donors (Lipinski definition) is 1. The van der Waals surface area contributed by atoms with Crippen molar-refractivity contribution in [2.75, 3.05) is 20.6 Å². The summed E-state index contributed by atoms with van der Waals surface area (Å²) in [6, 6.07) is 0.577. The average Bonchev–Trinajstić information content (AvgIpc) is 2.70. The van der Waals surface area contributed by atoms with Crippen LogP contribution in [0, 0.1) is 5.92 Å². The van der Waals surface area contributed by atoms with Crippen molar-refractivity contribution < 1.29 is 0 Å². The van der Waals surface area contributed by atoms with E-state index in [1.807, 2.05) is 12.5 Å². The molecule has 0 spiro atoms. The van der Waals surface area contributed by atoms with Gasteiger partial charge in [0.2, 0.25) is 0 Å². The van der Waals surface area contributed by atoms with Crippen LogP contribution in [0.15, 0.2) is 12.5 Å². The highest BCUT2D eigenvalue weighted by Gasteiger charge is 2.15. The third-order valence-electron chi connectivity index (χ3n) is 3.23. The molecule has 98 valence electrons. The fourth-order valence-corrected chi connectivity index (χ4v) is 2.14. The lowest BCUT2D eigenvalue weighted by atomic mass is 10.0. The molecule has 0 amide bonds. The minimum atomic E-state index is 0.577. The molecule has 17 heavy (non-hydrogen) atoms. The number of aryl methyl sites for hydroxylation is 1. The lowest BCUT2D eigenvalue weighted by Gasteiger charge is -2.28. The minimum Gasteiger partial charge on any atom is -0.334 e. The van der Waals surface area contributed by atoms with Crippen molar-refractivity contribution in [2.45, 2.75) is 39.9 Å². The molecule has 0 aliphatic rings. The summed E-state index contributed by atoms with van der Waals surface area (Å²) in [4.78, 5) is 6.46.